The molecule has 2 aliphatic heterocycles. The molecule has 18 heavy (non-hydrogen) atoms. The average Bonchev–Trinajstić information content (AvgIpc) is 2.47. The van der Waals surface area contributed by atoms with Crippen LogP contribution in [0.15, 0.2) is 0 Å². The number of rotatable bonds is 3. The number of morpholine rings is 1. The van der Waals surface area contributed by atoms with Gasteiger partial charge in [0.2, 0.25) is 0 Å². The summed E-state index contributed by atoms with van der Waals surface area (Å²) in [7, 11) is 0. The number of nitrogens with zero attached hydrogens (tertiary/aromatic N) is 2. The lowest BCUT2D eigenvalue weighted by atomic mass is 10.0. The molecular formula is C14H29N3O. The third-order valence-corrected chi connectivity index (χ3v) is 4.37. The number of ether oxygens (including phenoxy) is 1. The van der Waals surface area contributed by atoms with Crippen LogP contribution in [0.3, 0.4) is 0 Å². The minimum Gasteiger partial charge on any atom is -0.379 e. The van der Waals surface area contributed by atoms with Crippen LogP contribution in [0.2, 0.25) is 0 Å². The highest BCUT2D eigenvalue weighted by atomic mass is 16.5. The third kappa shape index (κ3) is 3.67. The van der Waals surface area contributed by atoms with Crippen molar-refractivity contribution in [1.29, 1.82) is 0 Å². The van der Waals surface area contributed by atoms with Gasteiger partial charge in [-0.15, -0.1) is 0 Å². The summed E-state index contributed by atoms with van der Waals surface area (Å²) in [5, 5.41) is 3.56. The fraction of sp³-hybridized carbons (Fsp3) is 1.00. The van der Waals surface area contributed by atoms with E-state index < -0.39 is 0 Å². The van der Waals surface area contributed by atoms with Gasteiger partial charge in [-0.3, -0.25) is 9.80 Å². The minimum atomic E-state index is 0.266. The van der Waals surface area contributed by atoms with Crippen LogP contribution in [0.5, 0.6) is 0 Å². The van der Waals surface area contributed by atoms with Crippen molar-refractivity contribution in [3.05, 3.63) is 0 Å². The van der Waals surface area contributed by atoms with E-state index in [-0.39, 0.29) is 5.54 Å². The average molecular weight is 255 g/mol. The van der Waals surface area contributed by atoms with Crippen LogP contribution in [0.1, 0.15) is 27.2 Å². The Morgan fingerprint density at radius 2 is 1.94 bits per heavy atom. The van der Waals surface area contributed by atoms with E-state index in [1.54, 1.807) is 0 Å². The molecule has 2 heterocycles. The van der Waals surface area contributed by atoms with Crippen molar-refractivity contribution in [3.8, 4) is 0 Å². The summed E-state index contributed by atoms with van der Waals surface area (Å²) in [5.41, 5.74) is 0.266. The molecule has 2 fully saturated rings. The highest BCUT2D eigenvalue weighted by Crippen LogP contribution is 2.21. The maximum absolute atomic E-state index is 5.41. The van der Waals surface area contributed by atoms with Gasteiger partial charge in [0.1, 0.15) is 0 Å². The van der Waals surface area contributed by atoms with Gasteiger partial charge in [-0.2, -0.15) is 0 Å². The van der Waals surface area contributed by atoms with E-state index in [0.29, 0.717) is 6.04 Å². The molecule has 0 aromatic carbocycles. The summed E-state index contributed by atoms with van der Waals surface area (Å²) in [5.74, 6) is 0. The molecule has 0 bridgehead atoms. The standard InChI is InChI=1S/C14H29N3O/c1-13-4-5-15-12-14(2,3)17(13)7-6-16-8-10-18-11-9-16/h13,15H,4-12H2,1-3H3. The Hall–Kier alpha value is -0.160. The fourth-order valence-electron chi connectivity index (χ4n) is 3.16. The Kier molecular flexibility index (Phi) is 5.01. The van der Waals surface area contributed by atoms with E-state index in [0.717, 1.165) is 39.4 Å². The molecule has 0 saturated carbocycles. The maximum atomic E-state index is 5.41. The van der Waals surface area contributed by atoms with Crippen LogP contribution in [-0.4, -0.2) is 73.9 Å². The van der Waals surface area contributed by atoms with Gasteiger partial charge in [0.15, 0.2) is 0 Å². The molecule has 4 heteroatoms. The van der Waals surface area contributed by atoms with Crippen LogP contribution in [0.25, 0.3) is 0 Å². The molecule has 1 N–H and O–H groups in total. The van der Waals surface area contributed by atoms with E-state index in [2.05, 4.69) is 35.9 Å². The van der Waals surface area contributed by atoms with Gasteiger partial charge in [0.05, 0.1) is 13.2 Å². The summed E-state index contributed by atoms with van der Waals surface area (Å²) in [4.78, 5) is 5.22. The predicted octanol–water partition coefficient (Wildman–Crippen LogP) is 0.781. The molecule has 1 atom stereocenters. The second-order valence-electron chi connectivity index (χ2n) is 6.27. The Balaban J connectivity index is 1.87. The molecule has 0 aromatic heterocycles. The van der Waals surface area contributed by atoms with E-state index in [1.165, 1.54) is 19.5 Å². The normalized spacial score (nSPS) is 31.2. The largest absolute Gasteiger partial charge is 0.379 e. The Morgan fingerprint density at radius 1 is 1.22 bits per heavy atom. The monoisotopic (exact) mass is 255 g/mol. The topological polar surface area (TPSA) is 27.7 Å². The zero-order valence-corrected chi connectivity index (χ0v) is 12.2. The Bertz CT molecular complexity index is 251. The van der Waals surface area contributed by atoms with E-state index in [1.807, 2.05) is 0 Å². The second kappa shape index (κ2) is 6.33. The molecule has 4 nitrogen and oxygen atoms in total. The predicted molar refractivity (Wildman–Crippen MR) is 75.0 cm³/mol. The van der Waals surface area contributed by atoms with Crippen LogP contribution < -0.4 is 5.32 Å². The Morgan fingerprint density at radius 3 is 2.67 bits per heavy atom. The van der Waals surface area contributed by atoms with Gasteiger partial charge in [-0.05, 0) is 33.7 Å². The molecule has 2 rings (SSSR count). The van der Waals surface area contributed by atoms with Crippen molar-refractivity contribution in [2.75, 3.05) is 52.5 Å². The second-order valence-corrected chi connectivity index (χ2v) is 6.27. The van der Waals surface area contributed by atoms with Crippen LogP contribution in [0, 0.1) is 0 Å². The van der Waals surface area contributed by atoms with Crippen molar-refractivity contribution in [1.82, 2.24) is 15.1 Å². The van der Waals surface area contributed by atoms with Crippen molar-refractivity contribution in [3.63, 3.8) is 0 Å². The number of hydrogen-bond acceptors (Lipinski definition) is 4. The first kappa shape index (κ1) is 14.3. The molecule has 106 valence electrons. The van der Waals surface area contributed by atoms with Crippen LogP contribution in [-0.2, 0) is 4.74 Å². The van der Waals surface area contributed by atoms with Gasteiger partial charge < -0.3 is 10.1 Å². The smallest absolute Gasteiger partial charge is 0.0594 e. The summed E-state index contributed by atoms with van der Waals surface area (Å²) in [6.45, 7) is 15.7. The van der Waals surface area contributed by atoms with Crippen LogP contribution >= 0.6 is 0 Å². The summed E-state index contributed by atoms with van der Waals surface area (Å²) in [6, 6.07) is 0.677. The minimum absolute atomic E-state index is 0.266. The molecule has 2 aliphatic rings. The summed E-state index contributed by atoms with van der Waals surface area (Å²) >= 11 is 0. The Labute approximate surface area is 112 Å². The lowest BCUT2D eigenvalue weighted by molar-refractivity contribution is 0.0195. The van der Waals surface area contributed by atoms with Crippen LogP contribution in [0.4, 0.5) is 0 Å². The molecule has 0 aromatic rings. The first-order chi connectivity index (χ1) is 8.59. The molecule has 0 aliphatic carbocycles. The van der Waals surface area contributed by atoms with Gasteiger partial charge in [-0.1, -0.05) is 0 Å². The van der Waals surface area contributed by atoms with E-state index >= 15 is 0 Å². The quantitative estimate of drug-likeness (QED) is 0.806. The van der Waals surface area contributed by atoms with Crippen molar-refractivity contribution in [2.45, 2.75) is 38.8 Å². The van der Waals surface area contributed by atoms with Crippen molar-refractivity contribution < 1.29 is 4.74 Å². The lowest BCUT2D eigenvalue weighted by Gasteiger charge is -2.42. The van der Waals surface area contributed by atoms with Gasteiger partial charge >= 0.3 is 0 Å². The molecular weight excluding hydrogens is 226 g/mol. The lowest BCUT2D eigenvalue weighted by Crippen LogP contribution is -2.54. The zero-order valence-electron chi connectivity index (χ0n) is 12.2. The fourth-order valence-corrected chi connectivity index (χ4v) is 3.16. The first-order valence-electron chi connectivity index (χ1n) is 7.37. The molecule has 0 radical (unpaired) electrons. The maximum Gasteiger partial charge on any atom is 0.0594 e. The number of nitrogens with one attached hydrogen (secondary N) is 1. The summed E-state index contributed by atoms with van der Waals surface area (Å²) in [6.07, 6.45) is 1.26. The highest BCUT2D eigenvalue weighted by Gasteiger charge is 2.32. The molecule has 0 amide bonds. The molecule has 1 unspecified atom stereocenters. The SMILES string of the molecule is CC1CCNCC(C)(C)N1CCN1CCOCC1. The summed E-state index contributed by atoms with van der Waals surface area (Å²) < 4.78 is 5.41. The van der Waals surface area contributed by atoms with Gasteiger partial charge in [0, 0.05) is 44.3 Å². The first-order valence-corrected chi connectivity index (χ1v) is 7.37. The van der Waals surface area contributed by atoms with Crippen molar-refractivity contribution >= 4 is 0 Å². The van der Waals surface area contributed by atoms with E-state index in [4.69, 9.17) is 4.74 Å². The third-order valence-electron chi connectivity index (χ3n) is 4.37. The van der Waals surface area contributed by atoms with Crippen molar-refractivity contribution in [2.24, 2.45) is 0 Å². The molecule has 0 spiro atoms. The van der Waals surface area contributed by atoms with Gasteiger partial charge in [-0.25, -0.2) is 0 Å². The van der Waals surface area contributed by atoms with Gasteiger partial charge in [0.25, 0.3) is 0 Å². The number of hydrogen-bond donors (Lipinski definition) is 1. The highest BCUT2D eigenvalue weighted by molar-refractivity contribution is 4.90. The molecule has 2 saturated heterocycles. The van der Waals surface area contributed by atoms with E-state index in [9.17, 15) is 0 Å². The zero-order chi connectivity index (χ0) is 13.0.